The molecule has 0 aliphatic rings. The molecule has 0 amide bonds. The zero-order valence-electron chi connectivity index (χ0n) is 27.8. The minimum absolute atomic E-state index is 0.247. The Kier molecular flexibility index (Phi) is 21.2. The van der Waals surface area contributed by atoms with Crippen LogP contribution in [0.2, 0.25) is 0 Å². The van der Waals surface area contributed by atoms with E-state index >= 15 is 0 Å². The summed E-state index contributed by atoms with van der Waals surface area (Å²) in [4.78, 5) is 2.90. The van der Waals surface area contributed by atoms with Gasteiger partial charge in [0, 0.05) is 17.6 Å². The Labute approximate surface area is 247 Å². The number of nitrogens with zero attached hydrogens (tertiary/aromatic N) is 1. The molecule has 0 atom stereocenters. The number of hydrogen-bond donors (Lipinski definition) is 0. The zero-order valence-corrected chi connectivity index (χ0v) is 27.8. The first-order chi connectivity index (χ1) is 18.8. The quantitative estimate of drug-likeness (QED) is 0.100. The van der Waals surface area contributed by atoms with Crippen molar-refractivity contribution in [2.75, 3.05) is 6.54 Å². The molecular formula is C38H71N. The molecule has 0 saturated carbocycles. The topological polar surface area (TPSA) is 3.24 Å². The first-order valence-electron chi connectivity index (χ1n) is 17.6. The molecule has 0 heterocycles. The largest absolute Gasteiger partial charge is 0.293 e. The second-order valence-corrected chi connectivity index (χ2v) is 13.9. The molecule has 0 aliphatic carbocycles. The minimum atomic E-state index is 0.247. The summed E-state index contributed by atoms with van der Waals surface area (Å²) in [6.07, 6.45) is 32.2. The molecule has 0 spiro atoms. The van der Waals surface area contributed by atoms with E-state index in [0.29, 0.717) is 0 Å². The molecule has 0 N–H and O–H groups in total. The third-order valence-electron chi connectivity index (χ3n) is 9.21. The third-order valence-corrected chi connectivity index (χ3v) is 9.21. The van der Waals surface area contributed by atoms with Crippen molar-refractivity contribution in [1.29, 1.82) is 0 Å². The van der Waals surface area contributed by atoms with Gasteiger partial charge in [-0.25, -0.2) is 0 Å². The molecule has 228 valence electrons. The molecule has 1 heteroatoms. The predicted molar refractivity (Wildman–Crippen MR) is 178 cm³/mol. The highest BCUT2D eigenvalue weighted by molar-refractivity contribution is 5.15. The Morgan fingerprint density at radius 2 is 0.795 bits per heavy atom. The molecule has 1 nitrogen and oxygen atoms in total. The fourth-order valence-corrected chi connectivity index (χ4v) is 6.67. The maximum atomic E-state index is 2.90. The molecule has 1 rings (SSSR count). The summed E-state index contributed by atoms with van der Waals surface area (Å²) in [6.45, 7) is 15.9. The maximum Gasteiger partial charge on any atom is 0.0158 e. The van der Waals surface area contributed by atoms with Crippen molar-refractivity contribution >= 4 is 0 Å². The molecule has 1 aromatic rings. The molecule has 0 radical (unpaired) electrons. The lowest BCUT2D eigenvalue weighted by molar-refractivity contribution is 0.00402. The Morgan fingerprint density at radius 1 is 0.462 bits per heavy atom. The lowest BCUT2D eigenvalue weighted by Crippen LogP contribution is -2.56. The summed E-state index contributed by atoms with van der Waals surface area (Å²) in [6, 6.07) is 11.2. The van der Waals surface area contributed by atoms with Gasteiger partial charge in [0.1, 0.15) is 0 Å². The van der Waals surface area contributed by atoms with E-state index in [-0.39, 0.29) is 11.1 Å². The van der Waals surface area contributed by atoms with E-state index in [9.17, 15) is 0 Å². The summed E-state index contributed by atoms with van der Waals surface area (Å²) in [7, 11) is 0. The van der Waals surface area contributed by atoms with Crippen molar-refractivity contribution in [3.63, 3.8) is 0 Å². The summed E-state index contributed by atoms with van der Waals surface area (Å²) in [5.41, 5.74) is 1.97. The highest BCUT2D eigenvalue weighted by Gasteiger charge is 2.36. The van der Waals surface area contributed by atoms with Gasteiger partial charge >= 0.3 is 0 Å². The Morgan fingerprint density at radius 3 is 1.15 bits per heavy atom. The summed E-state index contributed by atoms with van der Waals surface area (Å²) in [5, 5.41) is 0. The third kappa shape index (κ3) is 18.3. The van der Waals surface area contributed by atoms with E-state index in [0.717, 1.165) is 6.42 Å². The highest BCUT2D eigenvalue weighted by Crippen LogP contribution is 2.33. The van der Waals surface area contributed by atoms with Gasteiger partial charge in [-0.1, -0.05) is 173 Å². The van der Waals surface area contributed by atoms with Crippen molar-refractivity contribution in [2.45, 2.75) is 200 Å². The van der Waals surface area contributed by atoms with Gasteiger partial charge in [0.25, 0.3) is 0 Å². The van der Waals surface area contributed by atoms with Crippen LogP contribution in [-0.2, 0) is 6.42 Å². The van der Waals surface area contributed by atoms with E-state index < -0.39 is 0 Å². The van der Waals surface area contributed by atoms with Gasteiger partial charge in [-0.3, -0.25) is 4.90 Å². The number of rotatable bonds is 27. The first-order valence-corrected chi connectivity index (χ1v) is 17.6. The SMILES string of the molecule is CCCCCCCCCCCCC(C)(C)N(CCc1ccccc1)C(C)(C)CCCCCCCCCCCC. The normalized spacial score (nSPS) is 12.5. The van der Waals surface area contributed by atoms with Crippen molar-refractivity contribution in [3.8, 4) is 0 Å². The molecule has 0 bridgehead atoms. The van der Waals surface area contributed by atoms with Gasteiger partial charge in [0.2, 0.25) is 0 Å². The van der Waals surface area contributed by atoms with Gasteiger partial charge in [-0.15, -0.1) is 0 Å². The van der Waals surface area contributed by atoms with E-state index in [1.54, 1.807) is 0 Å². The van der Waals surface area contributed by atoms with Crippen LogP contribution in [0.5, 0.6) is 0 Å². The van der Waals surface area contributed by atoms with E-state index in [1.807, 2.05) is 0 Å². The molecule has 0 aromatic heterocycles. The average molecular weight is 542 g/mol. The van der Waals surface area contributed by atoms with Crippen LogP contribution >= 0.6 is 0 Å². The minimum Gasteiger partial charge on any atom is -0.293 e. The fourth-order valence-electron chi connectivity index (χ4n) is 6.67. The molecule has 0 aliphatic heterocycles. The van der Waals surface area contributed by atoms with Crippen LogP contribution in [-0.4, -0.2) is 22.5 Å². The van der Waals surface area contributed by atoms with E-state index in [1.165, 1.54) is 153 Å². The van der Waals surface area contributed by atoms with Crippen LogP contribution in [0.25, 0.3) is 0 Å². The zero-order chi connectivity index (χ0) is 28.7. The lowest BCUT2D eigenvalue weighted by Gasteiger charge is -2.49. The van der Waals surface area contributed by atoms with Crippen molar-refractivity contribution < 1.29 is 0 Å². The first kappa shape index (κ1) is 36.2. The number of hydrogen-bond acceptors (Lipinski definition) is 1. The second-order valence-electron chi connectivity index (χ2n) is 13.9. The maximum absolute atomic E-state index is 2.90. The molecule has 0 unspecified atom stereocenters. The van der Waals surface area contributed by atoms with Gasteiger partial charge < -0.3 is 0 Å². The van der Waals surface area contributed by atoms with Gasteiger partial charge in [-0.2, -0.15) is 0 Å². The molecule has 0 saturated heterocycles. The van der Waals surface area contributed by atoms with Crippen LogP contribution < -0.4 is 0 Å². The molecular weight excluding hydrogens is 470 g/mol. The van der Waals surface area contributed by atoms with Crippen LogP contribution in [0.3, 0.4) is 0 Å². The molecule has 0 fully saturated rings. The highest BCUT2D eigenvalue weighted by atomic mass is 15.2. The Bertz CT molecular complexity index is 610. The van der Waals surface area contributed by atoms with Crippen LogP contribution in [0.1, 0.15) is 188 Å². The van der Waals surface area contributed by atoms with Gasteiger partial charge in [0.05, 0.1) is 0 Å². The van der Waals surface area contributed by atoms with E-state index in [2.05, 4.69) is 76.8 Å². The summed E-state index contributed by atoms with van der Waals surface area (Å²) < 4.78 is 0. The summed E-state index contributed by atoms with van der Waals surface area (Å²) in [5.74, 6) is 0. The predicted octanol–water partition coefficient (Wildman–Crippen LogP) is 12.7. The van der Waals surface area contributed by atoms with Crippen molar-refractivity contribution in [1.82, 2.24) is 4.90 Å². The number of benzene rings is 1. The number of unbranched alkanes of at least 4 members (excludes halogenated alkanes) is 18. The lowest BCUT2D eigenvalue weighted by atomic mass is 9.85. The Hall–Kier alpha value is -0.820. The summed E-state index contributed by atoms with van der Waals surface area (Å²) >= 11 is 0. The van der Waals surface area contributed by atoms with Crippen molar-refractivity contribution in [3.05, 3.63) is 35.9 Å². The monoisotopic (exact) mass is 542 g/mol. The second kappa shape index (κ2) is 22.8. The van der Waals surface area contributed by atoms with E-state index in [4.69, 9.17) is 0 Å². The van der Waals surface area contributed by atoms with Gasteiger partial charge in [-0.05, 0) is 52.5 Å². The van der Waals surface area contributed by atoms with Crippen molar-refractivity contribution in [2.24, 2.45) is 0 Å². The van der Waals surface area contributed by atoms with Crippen LogP contribution in [0, 0.1) is 0 Å². The van der Waals surface area contributed by atoms with Gasteiger partial charge in [0.15, 0.2) is 0 Å². The smallest absolute Gasteiger partial charge is 0.0158 e. The Balaban J connectivity index is 2.48. The average Bonchev–Trinajstić information content (AvgIpc) is 2.91. The standard InChI is InChI=1S/C38H71N/c1-7-9-11-13-15-17-19-21-23-28-33-37(3,4)39(35-32-36-30-26-25-27-31-36)38(5,6)34-29-24-22-20-18-16-14-12-10-8-2/h25-27,30-31H,7-24,28-29,32-35H2,1-6H3. The molecule has 39 heavy (non-hydrogen) atoms. The fraction of sp³-hybridized carbons (Fsp3) is 0.842. The van der Waals surface area contributed by atoms with Crippen LogP contribution in [0.4, 0.5) is 0 Å². The van der Waals surface area contributed by atoms with Crippen LogP contribution in [0.15, 0.2) is 30.3 Å². The molecule has 1 aromatic carbocycles.